The molecule has 2 aliphatic heterocycles. The third kappa shape index (κ3) is 2.06. The van der Waals surface area contributed by atoms with Gasteiger partial charge in [-0.3, -0.25) is 0 Å². The fourth-order valence-corrected chi connectivity index (χ4v) is 2.77. The first-order valence-corrected chi connectivity index (χ1v) is 6.58. The minimum atomic E-state index is -0.377. The maximum Gasteiger partial charge on any atom is 0.186 e. The van der Waals surface area contributed by atoms with Crippen molar-refractivity contribution in [3.05, 3.63) is 23.8 Å². The largest absolute Gasteiger partial charge is 0.398 e. The second-order valence-electron chi connectivity index (χ2n) is 5.17. The highest BCUT2D eigenvalue weighted by Gasteiger charge is 2.40. The van der Waals surface area contributed by atoms with Gasteiger partial charge in [-0.25, -0.2) is 0 Å². The van der Waals surface area contributed by atoms with Gasteiger partial charge in [0.05, 0.1) is 19.8 Å². The van der Waals surface area contributed by atoms with E-state index < -0.39 is 0 Å². The van der Waals surface area contributed by atoms with Crippen LogP contribution < -0.4 is 10.6 Å². The normalized spacial score (nSPS) is 22.6. The van der Waals surface area contributed by atoms with E-state index in [-0.39, 0.29) is 5.79 Å². The van der Waals surface area contributed by atoms with Crippen LogP contribution in [0.2, 0.25) is 0 Å². The summed E-state index contributed by atoms with van der Waals surface area (Å²) in [5, 5.41) is 0. The summed E-state index contributed by atoms with van der Waals surface area (Å²) in [4.78, 5) is 2.31. The Balaban J connectivity index is 1.81. The lowest BCUT2D eigenvalue weighted by Crippen LogP contribution is -2.49. The summed E-state index contributed by atoms with van der Waals surface area (Å²) in [5.41, 5.74) is 9.12. The molecule has 2 heterocycles. The van der Waals surface area contributed by atoms with Gasteiger partial charge in [0, 0.05) is 24.3 Å². The first kappa shape index (κ1) is 11.8. The Kier molecular flexibility index (Phi) is 2.92. The number of rotatable bonds is 1. The van der Waals surface area contributed by atoms with Crippen LogP contribution in [0.25, 0.3) is 0 Å². The summed E-state index contributed by atoms with van der Waals surface area (Å²) in [6, 6.07) is 6.24. The van der Waals surface area contributed by atoms with Crippen molar-refractivity contribution in [2.45, 2.75) is 25.6 Å². The summed E-state index contributed by atoms with van der Waals surface area (Å²) < 4.78 is 11.6. The lowest BCUT2D eigenvalue weighted by Gasteiger charge is -2.39. The molecule has 0 bridgehead atoms. The van der Waals surface area contributed by atoms with E-state index in [1.807, 2.05) is 13.0 Å². The topological polar surface area (TPSA) is 47.7 Å². The predicted octanol–water partition coefficient (Wildman–Crippen LogP) is 1.92. The fraction of sp³-hybridized carbons (Fsp3) is 0.571. The Morgan fingerprint density at radius 1 is 1.28 bits per heavy atom. The van der Waals surface area contributed by atoms with E-state index in [0.29, 0.717) is 13.2 Å². The first-order chi connectivity index (χ1) is 8.69. The molecule has 0 aliphatic carbocycles. The zero-order chi connectivity index (χ0) is 12.6. The number of nitrogens with zero attached hydrogens (tertiary/aromatic N) is 1. The lowest BCUT2D eigenvalue weighted by molar-refractivity contribution is -0.161. The number of hydrogen-bond acceptors (Lipinski definition) is 4. The van der Waals surface area contributed by atoms with Gasteiger partial charge in [-0.15, -0.1) is 0 Å². The van der Waals surface area contributed by atoms with Crippen LogP contribution in [0.15, 0.2) is 18.2 Å². The number of ether oxygens (including phenoxy) is 2. The Morgan fingerprint density at radius 2 is 2.06 bits per heavy atom. The second kappa shape index (κ2) is 4.44. The van der Waals surface area contributed by atoms with Crippen LogP contribution in [0.1, 0.15) is 18.4 Å². The van der Waals surface area contributed by atoms with Crippen LogP contribution in [0.5, 0.6) is 0 Å². The van der Waals surface area contributed by atoms with Gasteiger partial charge in [0.15, 0.2) is 5.79 Å². The van der Waals surface area contributed by atoms with E-state index in [1.54, 1.807) is 0 Å². The first-order valence-electron chi connectivity index (χ1n) is 6.58. The molecule has 2 fully saturated rings. The van der Waals surface area contributed by atoms with E-state index in [2.05, 4.69) is 17.0 Å². The molecule has 1 spiro atoms. The van der Waals surface area contributed by atoms with Gasteiger partial charge < -0.3 is 20.1 Å². The maximum absolute atomic E-state index is 5.98. The number of anilines is 2. The minimum Gasteiger partial charge on any atom is -0.398 e. The summed E-state index contributed by atoms with van der Waals surface area (Å²) >= 11 is 0. The van der Waals surface area contributed by atoms with Gasteiger partial charge in [-0.05, 0) is 31.0 Å². The van der Waals surface area contributed by atoms with Crippen molar-refractivity contribution in [1.29, 1.82) is 0 Å². The highest BCUT2D eigenvalue weighted by atomic mass is 16.7. The number of nitrogen functional groups attached to an aromatic ring is 1. The molecule has 2 aliphatic rings. The third-order valence-electron chi connectivity index (χ3n) is 3.86. The van der Waals surface area contributed by atoms with E-state index in [0.717, 1.165) is 42.9 Å². The van der Waals surface area contributed by atoms with Gasteiger partial charge in [-0.2, -0.15) is 0 Å². The van der Waals surface area contributed by atoms with Crippen molar-refractivity contribution >= 4 is 11.4 Å². The molecule has 0 amide bonds. The van der Waals surface area contributed by atoms with Crippen LogP contribution in [-0.4, -0.2) is 32.1 Å². The van der Waals surface area contributed by atoms with E-state index in [4.69, 9.17) is 15.2 Å². The molecular weight excluding hydrogens is 228 g/mol. The molecular formula is C14H20N2O2. The van der Waals surface area contributed by atoms with Gasteiger partial charge >= 0.3 is 0 Å². The molecule has 0 radical (unpaired) electrons. The maximum atomic E-state index is 5.98. The fourth-order valence-electron chi connectivity index (χ4n) is 2.77. The van der Waals surface area contributed by atoms with Gasteiger partial charge in [0.2, 0.25) is 0 Å². The molecule has 1 aromatic carbocycles. The summed E-state index contributed by atoms with van der Waals surface area (Å²) in [7, 11) is 0. The summed E-state index contributed by atoms with van der Waals surface area (Å²) in [6.07, 6.45) is 2.08. The van der Waals surface area contributed by atoms with Crippen molar-refractivity contribution in [3.63, 3.8) is 0 Å². The Bertz CT molecular complexity index is 441. The zero-order valence-electron chi connectivity index (χ0n) is 10.8. The highest BCUT2D eigenvalue weighted by Crippen LogP contribution is 2.33. The average Bonchev–Trinajstić information content (AvgIpc) is 2.81. The van der Waals surface area contributed by atoms with Crippen molar-refractivity contribution in [3.8, 4) is 0 Å². The van der Waals surface area contributed by atoms with E-state index in [9.17, 15) is 0 Å². The second-order valence-corrected chi connectivity index (χ2v) is 5.17. The number of hydrogen-bond donors (Lipinski definition) is 1. The average molecular weight is 248 g/mol. The minimum absolute atomic E-state index is 0.377. The quantitative estimate of drug-likeness (QED) is 0.771. The van der Waals surface area contributed by atoms with Crippen molar-refractivity contribution in [2.75, 3.05) is 36.9 Å². The molecule has 0 aromatic heterocycles. The smallest absolute Gasteiger partial charge is 0.186 e. The molecule has 2 saturated heterocycles. The Morgan fingerprint density at radius 3 is 2.78 bits per heavy atom. The number of piperidine rings is 1. The van der Waals surface area contributed by atoms with Crippen LogP contribution in [0.4, 0.5) is 11.4 Å². The van der Waals surface area contributed by atoms with Crippen LogP contribution in [0, 0.1) is 6.92 Å². The van der Waals surface area contributed by atoms with Crippen LogP contribution >= 0.6 is 0 Å². The third-order valence-corrected chi connectivity index (χ3v) is 3.86. The number of aryl methyl sites for hydroxylation is 1. The molecule has 4 nitrogen and oxygen atoms in total. The Labute approximate surface area is 108 Å². The molecule has 0 atom stereocenters. The number of nitrogens with two attached hydrogens (primary N) is 1. The van der Waals surface area contributed by atoms with Crippen LogP contribution in [-0.2, 0) is 9.47 Å². The molecule has 3 rings (SSSR count). The predicted molar refractivity (Wildman–Crippen MR) is 71.7 cm³/mol. The van der Waals surface area contributed by atoms with E-state index in [1.165, 1.54) is 0 Å². The van der Waals surface area contributed by atoms with E-state index >= 15 is 0 Å². The highest BCUT2D eigenvalue weighted by molar-refractivity contribution is 5.60. The summed E-state index contributed by atoms with van der Waals surface area (Å²) in [5.74, 6) is -0.377. The van der Waals surface area contributed by atoms with Crippen LogP contribution in [0.3, 0.4) is 0 Å². The zero-order valence-corrected chi connectivity index (χ0v) is 10.8. The molecule has 0 saturated carbocycles. The van der Waals surface area contributed by atoms with Gasteiger partial charge in [0.1, 0.15) is 0 Å². The number of benzene rings is 1. The Hall–Kier alpha value is -1.26. The monoisotopic (exact) mass is 248 g/mol. The van der Waals surface area contributed by atoms with Gasteiger partial charge in [-0.1, -0.05) is 6.07 Å². The SMILES string of the molecule is Cc1ccc(N2CCCC3(C2)OCCO3)cc1N. The van der Waals surface area contributed by atoms with Crippen molar-refractivity contribution in [2.24, 2.45) is 0 Å². The molecule has 2 N–H and O–H groups in total. The van der Waals surface area contributed by atoms with Gasteiger partial charge in [0.25, 0.3) is 0 Å². The molecule has 4 heteroatoms. The van der Waals surface area contributed by atoms with Crippen molar-refractivity contribution < 1.29 is 9.47 Å². The molecule has 0 unspecified atom stereocenters. The molecule has 98 valence electrons. The summed E-state index contributed by atoms with van der Waals surface area (Å²) in [6.45, 7) is 5.29. The van der Waals surface area contributed by atoms with Crippen molar-refractivity contribution in [1.82, 2.24) is 0 Å². The lowest BCUT2D eigenvalue weighted by atomic mass is 10.0. The molecule has 1 aromatic rings. The standard InChI is InChI=1S/C14H20N2O2/c1-11-3-4-12(9-13(11)15)16-6-2-5-14(10-16)17-7-8-18-14/h3-4,9H,2,5-8,10,15H2,1H3. The molecule has 18 heavy (non-hydrogen) atoms.